The summed E-state index contributed by atoms with van der Waals surface area (Å²) in [4.78, 5) is 17.6. The van der Waals surface area contributed by atoms with E-state index in [1.54, 1.807) is 6.07 Å². The van der Waals surface area contributed by atoms with Gasteiger partial charge in [-0.05, 0) is 44.7 Å². The summed E-state index contributed by atoms with van der Waals surface area (Å²) in [7, 11) is 0. The smallest absolute Gasteiger partial charge is 0.205 e. The molecule has 1 aliphatic carbocycles. The Morgan fingerprint density at radius 1 is 1.43 bits per heavy atom. The molecule has 1 aromatic rings. The van der Waals surface area contributed by atoms with Crippen LogP contribution in [0.4, 0.5) is 0 Å². The van der Waals surface area contributed by atoms with Gasteiger partial charge in [-0.25, -0.2) is 4.99 Å². The zero-order valence-electron chi connectivity index (χ0n) is 13.0. The molecule has 1 heterocycles. The molecule has 0 amide bonds. The van der Waals surface area contributed by atoms with Crippen molar-refractivity contribution in [3.8, 4) is 0 Å². The van der Waals surface area contributed by atoms with Crippen LogP contribution in [0.25, 0.3) is 0 Å². The van der Waals surface area contributed by atoms with Gasteiger partial charge in [-0.2, -0.15) is 0 Å². The van der Waals surface area contributed by atoms with Gasteiger partial charge >= 0.3 is 0 Å². The molecule has 124 valence electrons. The number of ether oxygens (including phenoxy) is 1. The zero-order valence-corrected chi connectivity index (χ0v) is 13.8. The van der Waals surface area contributed by atoms with Crippen molar-refractivity contribution in [3.63, 3.8) is 0 Å². The third-order valence-electron chi connectivity index (χ3n) is 4.62. The van der Waals surface area contributed by atoms with Crippen molar-refractivity contribution in [1.29, 1.82) is 0 Å². The Kier molecular flexibility index (Phi) is 4.71. The summed E-state index contributed by atoms with van der Waals surface area (Å²) < 4.78 is 5.81. The summed E-state index contributed by atoms with van der Waals surface area (Å²) in [6.07, 6.45) is 3.22. The summed E-state index contributed by atoms with van der Waals surface area (Å²) in [6.45, 7) is 0.568. The number of halogens is 1. The van der Waals surface area contributed by atoms with Crippen LogP contribution >= 0.6 is 11.6 Å². The number of ketones is 1. The second kappa shape index (κ2) is 6.59. The van der Waals surface area contributed by atoms with Crippen LogP contribution in [0.3, 0.4) is 0 Å². The molecule has 1 aromatic carbocycles. The fourth-order valence-corrected chi connectivity index (χ4v) is 3.70. The van der Waals surface area contributed by atoms with E-state index >= 15 is 0 Å². The van der Waals surface area contributed by atoms with E-state index in [9.17, 15) is 4.79 Å². The number of benzene rings is 1. The minimum Gasteiger partial charge on any atom is -0.468 e. The lowest BCUT2D eigenvalue weighted by Gasteiger charge is -2.42. The lowest BCUT2D eigenvalue weighted by molar-refractivity contribution is -0.137. The molecule has 0 aromatic heterocycles. The highest BCUT2D eigenvalue weighted by Crippen LogP contribution is 2.44. The van der Waals surface area contributed by atoms with Gasteiger partial charge in [0.1, 0.15) is 0 Å². The van der Waals surface area contributed by atoms with Crippen LogP contribution < -0.4 is 11.5 Å². The van der Waals surface area contributed by atoms with Gasteiger partial charge in [-0.3, -0.25) is 4.79 Å². The molecule has 0 spiro atoms. The predicted molar refractivity (Wildman–Crippen MR) is 90.6 cm³/mol. The number of Topliss-reactive ketones (excluding diaryl/α,β-unsaturated/α-hetero) is 1. The minimum atomic E-state index is -0.949. The van der Waals surface area contributed by atoms with Crippen molar-refractivity contribution in [2.75, 3.05) is 6.54 Å². The van der Waals surface area contributed by atoms with Gasteiger partial charge in [0.25, 0.3) is 0 Å². The molecule has 5 nitrogen and oxygen atoms in total. The number of hydrogen-bond donors (Lipinski definition) is 2. The third kappa shape index (κ3) is 2.89. The molecule has 1 fully saturated rings. The van der Waals surface area contributed by atoms with Gasteiger partial charge < -0.3 is 16.2 Å². The normalized spacial score (nSPS) is 28.0. The van der Waals surface area contributed by atoms with Crippen LogP contribution in [0.2, 0.25) is 5.02 Å². The molecule has 23 heavy (non-hydrogen) atoms. The lowest BCUT2D eigenvalue weighted by Crippen LogP contribution is -2.54. The van der Waals surface area contributed by atoms with Gasteiger partial charge in [0.15, 0.2) is 11.6 Å². The number of nitrogens with two attached hydrogens (primary N) is 2. The number of rotatable bonds is 5. The Balaban J connectivity index is 2.04. The topological polar surface area (TPSA) is 90.7 Å². The van der Waals surface area contributed by atoms with Crippen LogP contribution in [0.1, 0.15) is 37.7 Å². The second-order valence-electron chi connectivity index (χ2n) is 6.19. The van der Waals surface area contributed by atoms with Crippen LogP contribution in [-0.2, 0) is 15.1 Å². The zero-order chi connectivity index (χ0) is 16.4. The monoisotopic (exact) mass is 335 g/mol. The first-order valence-corrected chi connectivity index (χ1v) is 8.47. The maximum Gasteiger partial charge on any atom is 0.205 e. The quantitative estimate of drug-likeness (QED) is 0.862. The Morgan fingerprint density at radius 3 is 2.96 bits per heavy atom. The third-order valence-corrected chi connectivity index (χ3v) is 4.95. The van der Waals surface area contributed by atoms with Gasteiger partial charge in [-0.15, -0.1) is 0 Å². The van der Waals surface area contributed by atoms with Crippen molar-refractivity contribution in [2.45, 2.75) is 49.8 Å². The first-order chi connectivity index (χ1) is 11.1. The average Bonchev–Trinajstić information content (AvgIpc) is 2.53. The predicted octanol–water partition coefficient (Wildman–Crippen LogP) is 2.15. The summed E-state index contributed by atoms with van der Waals surface area (Å²) in [5.41, 5.74) is 11.6. The average molecular weight is 336 g/mol. The summed E-state index contributed by atoms with van der Waals surface area (Å²) in [5.74, 6) is 0.453. The summed E-state index contributed by atoms with van der Waals surface area (Å²) >= 11 is 6.36. The standard InChI is InChI=1S/C17H22ClN3O2/c18-12-6-2-1-5-11(12)17-9-3-8-14(15(17)22)23-16(21-17)13(20)7-4-10-19/h1-2,5-6,13-14H,3-4,7-10,19-20H2/t13?,14-,17-/m1/s1. The van der Waals surface area contributed by atoms with E-state index in [1.807, 2.05) is 18.2 Å². The SMILES string of the molecule is NCCCC(N)C1=N[C@@]2(c3ccccc3Cl)CCC[C@@H](O1)C2=O. The van der Waals surface area contributed by atoms with E-state index in [-0.39, 0.29) is 11.8 Å². The van der Waals surface area contributed by atoms with Crippen molar-refractivity contribution in [3.05, 3.63) is 34.9 Å². The summed E-state index contributed by atoms with van der Waals surface area (Å²) in [6, 6.07) is 7.06. The molecule has 3 rings (SSSR count). The number of carbonyl (C=O) groups excluding carboxylic acids is 1. The highest BCUT2D eigenvalue weighted by atomic mass is 35.5. The molecular formula is C17H22ClN3O2. The lowest BCUT2D eigenvalue weighted by atomic mass is 9.73. The molecule has 1 saturated carbocycles. The largest absolute Gasteiger partial charge is 0.468 e. The molecule has 0 saturated heterocycles. The Bertz CT molecular complexity index is 634. The Labute approximate surface area is 141 Å². The van der Waals surface area contributed by atoms with Crippen molar-refractivity contribution in [2.24, 2.45) is 16.5 Å². The van der Waals surface area contributed by atoms with Crippen LogP contribution in [0.5, 0.6) is 0 Å². The van der Waals surface area contributed by atoms with Gasteiger partial charge in [0.2, 0.25) is 11.7 Å². The van der Waals surface area contributed by atoms with E-state index in [1.165, 1.54) is 0 Å². The number of aliphatic imine (C=N–C) groups is 1. The maximum absolute atomic E-state index is 12.9. The van der Waals surface area contributed by atoms with E-state index < -0.39 is 11.6 Å². The molecule has 2 aliphatic rings. The van der Waals surface area contributed by atoms with Crippen LogP contribution in [0.15, 0.2) is 29.3 Å². The fraction of sp³-hybridized carbons (Fsp3) is 0.529. The number of fused-ring (bicyclic) bond motifs is 2. The first kappa shape index (κ1) is 16.4. The van der Waals surface area contributed by atoms with E-state index in [2.05, 4.69) is 0 Å². The van der Waals surface area contributed by atoms with Crippen LogP contribution in [-0.4, -0.2) is 30.4 Å². The second-order valence-corrected chi connectivity index (χ2v) is 6.60. The summed E-state index contributed by atoms with van der Waals surface area (Å²) in [5, 5.41) is 0.557. The Hall–Kier alpha value is -1.43. The molecule has 3 atom stereocenters. The number of nitrogens with zero attached hydrogens (tertiary/aromatic N) is 1. The van der Waals surface area contributed by atoms with E-state index in [0.29, 0.717) is 36.7 Å². The Morgan fingerprint density at radius 2 is 2.22 bits per heavy atom. The van der Waals surface area contributed by atoms with Crippen molar-refractivity contribution in [1.82, 2.24) is 0 Å². The molecule has 1 unspecified atom stereocenters. The fourth-order valence-electron chi connectivity index (χ4n) is 3.40. The van der Waals surface area contributed by atoms with Crippen molar-refractivity contribution >= 4 is 23.3 Å². The van der Waals surface area contributed by atoms with Gasteiger partial charge in [0.05, 0.1) is 6.04 Å². The number of hydrogen-bond acceptors (Lipinski definition) is 5. The molecule has 0 radical (unpaired) electrons. The molecule has 1 aliphatic heterocycles. The minimum absolute atomic E-state index is 0.00775. The molecule has 4 N–H and O–H groups in total. The van der Waals surface area contributed by atoms with Gasteiger partial charge in [0, 0.05) is 10.6 Å². The van der Waals surface area contributed by atoms with Crippen LogP contribution in [0, 0.1) is 0 Å². The maximum atomic E-state index is 12.9. The van der Waals surface area contributed by atoms with E-state index in [4.69, 9.17) is 32.8 Å². The molecule has 2 bridgehead atoms. The first-order valence-electron chi connectivity index (χ1n) is 8.10. The molecular weight excluding hydrogens is 314 g/mol. The van der Waals surface area contributed by atoms with E-state index in [0.717, 1.165) is 18.4 Å². The highest BCUT2D eigenvalue weighted by Gasteiger charge is 2.52. The van der Waals surface area contributed by atoms with Crippen molar-refractivity contribution < 1.29 is 9.53 Å². The number of carbonyl (C=O) groups is 1. The highest BCUT2D eigenvalue weighted by molar-refractivity contribution is 6.32. The van der Waals surface area contributed by atoms with Gasteiger partial charge in [-0.1, -0.05) is 29.8 Å². The molecule has 6 heteroatoms.